The van der Waals surface area contributed by atoms with E-state index in [2.05, 4.69) is 15.9 Å². The Hall–Kier alpha value is -2.58. The normalized spacial score (nSPS) is 10.4. The van der Waals surface area contributed by atoms with Gasteiger partial charge in [0.05, 0.1) is 35.4 Å². The minimum atomic E-state index is -1.05. The maximum Gasteiger partial charge on any atom is 0.335 e. The van der Waals surface area contributed by atoms with Crippen LogP contribution in [0.25, 0.3) is 0 Å². The van der Waals surface area contributed by atoms with Crippen LogP contribution in [-0.4, -0.2) is 41.5 Å². The van der Waals surface area contributed by atoms with Crippen molar-refractivity contribution in [2.45, 2.75) is 19.4 Å². The number of halogens is 1. The van der Waals surface area contributed by atoms with Crippen molar-refractivity contribution < 1.29 is 34.4 Å². The van der Waals surface area contributed by atoms with Gasteiger partial charge in [0, 0.05) is 5.56 Å². The summed E-state index contributed by atoms with van der Waals surface area (Å²) in [6, 6.07) is 9.01. The summed E-state index contributed by atoms with van der Waals surface area (Å²) in [5.41, 5.74) is -0.132. The molecule has 27 heavy (non-hydrogen) atoms. The second kappa shape index (κ2) is 9.38. The van der Waals surface area contributed by atoms with Crippen molar-refractivity contribution in [2.75, 3.05) is 14.2 Å². The molecule has 2 rings (SSSR count). The Balaban J connectivity index is 0.000000277. The number of hydrogen-bond donors (Lipinski definition) is 3. The quantitative estimate of drug-likeness (QED) is 0.647. The number of benzene rings is 2. The fraction of sp³-hybridized carbons (Fsp3) is 0.263. The molecule has 0 heterocycles. The van der Waals surface area contributed by atoms with Gasteiger partial charge in [-0.25, -0.2) is 9.59 Å². The topological polar surface area (TPSA) is 113 Å². The minimum Gasteiger partial charge on any atom is -0.496 e. The summed E-state index contributed by atoms with van der Waals surface area (Å²) < 4.78 is 10.7. The third-order valence-electron chi connectivity index (χ3n) is 3.51. The largest absolute Gasteiger partial charge is 0.496 e. The summed E-state index contributed by atoms with van der Waals surface area (Å²) >= 11 is 3.22. The molecule has 0 bridgehead atoms. The predicted molar refractivity (Wildman–Crippen MR) is 103 cm³/mol. The Labute approximate surface area is 165 Å². The first kappa shape index (κ1) is 22.5. The van der Waals surface area contributed by atoms with E-state index in [1.54, 1.807) is 26.0 Å². The molecule has 0 aliphatic heterocycles. The maximum absolute atomic E-state index is 10.7. The van der Waals surface area contributed by atoms with Gasteiger partial charge in [0.1, 0.15) is 11.5 Å². The number of methoxy groups -OCH3 is 2. The Bertz CT molecular complexity index is 825. The number of rotatable bonds is 5. The molecule has 0 radical (unpaired) electrons. The van der Waals surface area contributed by atoms with Gasteiger partial charge < -0.3 is 24.8 Å². The molecule has 2 aromatic rings. The van der Waals surface area contributed by atoms with Crippen LogP contribution in [-0.2, 0) is 5.60 Å². The maximum atomic E-state index is 10.7. The van der Waals surface area contributed by atoms with Gasteiger partial charge in [-0.15, -0.1) is 0 Å². The number of carboxylic acid groups (broad SMARTS) is 2. The summed E-state index contributed by atoms with van der Waals surface area (Å²) in [6.45, 7) is 3.23. The number of carbonyl (C=O) groups is 2. The molecule has 0 aromatic heterocycles. The minimum absolute atomic E-state index is 0.139. The number of aliphatic hydroxyl groups is 1. The highest BCUT2D eigenvalue weighted by Crippen LogP contribution is 2.30. The summed E-state index contributed by atoms with van der Waals surface area (Å²) in [5, 5.41) is 27.2. The summed E-state index contributed by atoms with van der Waals surface area (Å²) in [4.78, 5) is 21.2. The third-order valence-corrected chi connectivity index (χ3v) is 4.16. The van der Waals surface area contributed by atoms with Crippen LogP contribution >= 0.6 is 15.9 Å². The molecule has 0 aliphatic rings. The number of hydrogen-bond acceptors (Lipinski definition) is 5. The Kier molecular flexibility index (Phi) is 7.81. The van der Waals surface area contributed by atoms with Gasteiger partial charge in [-0.3, -0.25) is 0 Å². The van der Waals surface area contributed by atoms with Crippen molar-refractivity contribution in [1.82, 2.24) is 0 Å². The van der Waals surface area contributed by atoms with Gasteiger partial charge in [0.2, 0.25) is 0 Å². The number of ether oxygens (including phenoxy) is 2. The first-order valence-corrected chi connectivity index (χ1v) is 8.51. The average molecular weight is 441 g/mol. The van der Waals surface area contributed by atoms with E-state index < -0.39 is 17.5 Å². The van der Waals surface area contributed by atoms with Crippen molar-refractivity contribution in [3.05, 3.63) is 57.6 Å². The second-order valence-corrected chi connectivity index (χ2v) is 6.79. The van der Waals surface area contributed by atoms with Gasteiger partial charge >= 0.3 is 11.9 Å². The SMILES string of the molecule is COc1cc(C(=O)O)ccc1Br.COc1cc(C(=O)O)ccc1C(C)(C)O. The molecule has 0 amide bonds. The molecule has 0 saturated carbocycles. The lowest BCUT2D eigenvalue weighted by Gasteiger charge is -2.20. The Morgan fingerprint density at radius 2 is 1.33 bits per heavy atom. The zero-order valence-electron chi connectivity index (χ0n) is 15.3. The highest BCUT2D eigenvalue weighted by atomic mass is 79.9. The second-order valence-electron chi connectivity index (χ2n) is 5.93. The molecule has 0 spiro atoms. The lowest BCUT2D eigenvalue weighted by molar-refractivity contribution is 0.0683. The molecule has 0 fully saturated rings. The summed E-state index contributed by atoms with van der Waals surface area (Å²) in [6.07, 6.45) is 0. The van der Waals surface area contributed by atoms with Gasteiger partial charge in [-0.05, 0) is 60.1 Å². The number of carboxylic acids is 2. The lowest BCUT2D eigenvalue weighted by Crippen LogP contribution is -2.17. The molecule has 0 unspecified atom stereocenters. The molecule has 146 valence electrons. The van der Waals surface area contributed by atoms with E-state index in [0.717, 1.165) is 4.47 Å². The molecule has 8 heteroatoms. The van der Waals surface area contributed by atoms with E-state index in [0.29, 0.717) is 17.1 Å². The van der Waals surface area contributed by atoms with Gasteiger partial charge in [-0.2, -0.15) is 0 Å². The molecule has 0 saturated heterocycles. The van der Waals surface area contributed by atoms with Crippen LogP contribution in [0.3, 0.4) is 0 Å². The predicted octanol–water partition coefficient (Wildman–Crippen LogP) is 3.78. The molecule has 0 aliphatic carbocycles. The monoisotopic (exact) mass is 440 g/mol. The standard InChI is InChI=1S/C11H14O4.C8H7BrO3/c1-11(2,14)8-5-4-7(10(12)13)6-9(8)15-3;1-12-7-4-5(8(10)11)2-3-6(7)9/h4-6,14H,1-3H3,(H,12,13);2-4H,1H3,(H,10,11). The van der Waals surface area contributed by atoms with Crippen LogP contribution in [0.1, 0.15) is 40.1 Å². The van der Waals surface area contributed by atoms with Crippen molar-refractivity contribution >= 4 is 27.9 Å². The third kappa shape index (κ3) is 6.26. The van der Waals surface area contributed by atoms with Crippen LogP contribution < -0.4 is 9.47 Å². The highest BCUT2D eigenvalue weighted by Gasteiger charge is 2.21. The van der Waals surface area contributed by atoms with E-state index >= 15 is 0 Å². The molecule has 7 nitrogen and oxygen atoms in total. The zero-order valence-corrected chi connectivity index (χ0v) is 16.9. The van der Waals surface area contributed by atoms with E-state index in [1.807, 2.05) is 0 Å². The molecule has 0 atom stereocenters. The highest BCUT2D eigenvalue weighted by molar-refractivity contribution is 9.10. The molecule has 3 N–H and O–H groups in total. The summed E-state index contributed by atoms with van der Waals surface area (Å²) in [7, 11) is 2.93. The van der Waals surface area contributed by atoms with E-state index in [1.165, 1.54) is 38.5 Å². The Morgan fingerprint density at radius 1 is 0.889 bits per heavy atom. The average Bonchev–Trinajstić information content (AvgIpc) is 2.61. The van der Waals surface area contributed by atoms with Gasteiger partial charge in [0.15, 0.2) is 0 Å². The van der Waals surface area contributed by atoms with Crippen LogP contribution in [0, 0.1) is 0 Å². The first-order valence-electron chi connectivity index (χ1n) is 7.72. The summed E-state index contributed by atoms with van der Waals surface area (Å²) in [5.74, 6) is -1.08. The molecule has 2 aromatic carbocycles. The van der Waals surface area contributed by atoms with Crippen molar-refractivity contribution in [2.24, 2.45) is 0 Å². The van der Waals surface area contributed by atoms with E-state index in [9.17, 15) is 14.7 Å². The van der Waals surface area contributed by atoms with Crippen LogP contribution in [0.5, 0.6) is 11.5 Å². The fourth-order valence-electron chi connectivity index (χ4n) is 2.12. The Morgan fingerprint density at radius 3 is 1.74 bits per heavy atom. The number of aromatic carboxylic acids is 2. The van der Waals surface area contributed by atoms with Crippen molar-refractivity contribution in [1.29, 1.82) is 0 Å². The van der Waals surface area contributed by atoms with Crippen LogP contribution in [0.4, 0.5) is 0 Å². The molecular weight excluding hydrogens is 420 g/mol. The fourth-order valence-corrected chi connectivity index (χ4v) is 2.53. The first-order chi connectivity index (χ1) is 12.5. The van der Waals surface area contributed by atoms with Gasteiger partial charge in [-0.1, -0.05) is 6.07 Å². The lowest BCUT2D eigenvalue weighted by atomic mass is 9.96. The van der Waals surface area contributed by atoms with E-state index in [4.69, 9.17) is 19.7 Å². The smallest absolute Gasteiger partial charge is 0.335 e. The van der Waals surface area contributed by atoms with Crippen LogP contribution in [0.2, 0.25) is 0 Å². The zero-order chi connectivity index (χ0) is 20.8. The van der Waals surface area contributed by atoms with E-state index in [-0.39, 0.29) is 11.1 Å². The van der Waals surface area contributed by atoms with Gasteiger partial charge in [0.25, 0.3) is 0 Å². The van der Waals surface area contributed by atoms with Crippen LogP contribution in [0.15, 0.2) is 40.9 Å². The van der Waals surface area contributed by atoms with Crippen molar-refractivity contribution in [3.8, 4) is 11.5 Å². The van der Waals surface area contributed by atoms with Crippen molar-refractivity contribution in [3.63, 3.8) is 0 Å². The molecular formula is C19H21BrO7.